The summed E-state index contributed by atoms with van der Waals surface area (Å²) in [5.74, 6) is -0.890. The van der Waals surface area contributed by atoms with Crippen LogP contribution in [-0.4, -0.2) is 22.8 Å². The molecule has 3 heteroatoms. The number of allylic oxidation sites excluding steroid dienone is 4. The SMILES string of the molecule is CC1(CC(N=C(c2ccccc2)c2ccccc2)C(=O)O)C=CC=CC1. The molecule has 1 aliphatic rings. The van der Waals surface area contributed by atoms with Gasteiger partial charge in [-0.15, -0.1) is 0 Å². The van der Waals surface area contributed by atoms with E-state index in [9.17, 15) is 9.90 Å². The molecule has 0 heterocycles. The van der Waals surface area contributed by atoms with Crippen LogP contribution in [-0.2, 0) is 4.79 Å². The number of benzene rings is 2. The van der Waals surface area contributed by atoms with Gasteiger partial charge in [0.2, 0.25) is 0 Å². The van der Waals surface area contributed by atoms with E-state index in [1.165, 1.54) is 0 Å². The van der Waals surface area contributed by atoms with Crippen LogP contribution < -0.4 is 0 Å². The van der Waals surface area contributed by atoms with Gasteiger partial charge in [-0.2, -0.15) is 0 Å². The van der Waals surface area contributed by atoms with Gasteiger partial charge in [-0.3, -0.25) is 4.99 Å². The standard InChI is InChI=1S/C23H23NO2/c1-23(15-9-4-10-16-23)17-20(22(25)26)24-21(18-11-5-2-6-12-18)19-13-7-3-8-14-19/h2-15,20H,16-17H2,1H3,(H,25,26). The molecule has 0 amide bonds. The summed E-state index contributed by atoms with van der Waals surface area (Å²) in [6.07, 6.45) is 9.45. The molecule has 0 saturated carbocycles. The predicted molar refractivity (Wildman–Crippen MR) is 106 cm³/mol. The normalized spacial score (nSPS) is 19.7. The lowest BCUT2D eigenvalue weighted by Gasteiger charge is -2.28. The lowest BCUT2D eigenvalue weighted by atomic mass is 9.78. The van der Waals surface area contributed by atoms with Crippen LogP contribution in [0, 0.1) is 5.41 Å². The molecule has 0 spiro atoms. The number of carboxylic acid groups (broad SMARTS) is 1. The van der Waals surface area contributed by atoms with Crippen LogP contribution in [0.3, 0.4) is 0 Å². The lowest BCUT2D eigenvalue weighted by molar-refractivity contribution is -0.139. The predicted octanol–water partition coefficient (Wildman–Crippen LogP) is 4.89. The van der Waals surface area contributed by atoms with Gasteiger partial charge < -0.3 is 5.11 Å². The summed E-state index contributed by atoms with van der Waals surface area (Å²) in [6.45, 7) is 2.09. The van der Waals surface area contributed by atoms with Gasteiger partial charge in [-0.25, -0.2) is 4.79 Å². The monoisotopic (exact) mass is 345 g/mol. The molecule has 2 atom stereocenters. The van der Waals surface area contributed by atoms with E-state index in [0.717, 1.165) is 23.3 Å². The van der Waals surface area contributed by atoms with Gasteiger partial charge in [0.05, 0.1) is 5.71 Å². The molecule has 0 aromatic heterocycles. The molecule has 2 unspecified atom stereocenters. The number of hydrogen-bond acceptors (Lipinski definition) is 2. The second-order valence-corrected chi connectivity index (χ2v) is 6.91. The zero-order valence-electron chi connectivity index (χ0n) is 14.9. The third-order valence-electron chi connectivity index (χ3n) is 4.65. The molecule has 3 rings (SSSR count). The van der Waals surface area contributed by atoms with Crippen LogP contribution in [0.4, 0.5) is 0 Å². The first-order valence-corrected chi connectivity index (χ1v) is 8.83. The Balaban J connectivity index is 2.00. The van der Waals surface area contributed by atoms with Crippen LogP contribution in [0.25, 0.3) is 0 Å². The summed E-state index contributed by atoms with van der Waals surface area (Å²) >= 11 is 0. The maximum atomic E-state index is 12.0. The minimum Gasteiger partial charge on any atom is -0.480 e. The molecule has 0 radical (unpaired) electrons. The third-order valence-corrected chi connectivity index (χ3v) is 4.65. The van der Waals surface area contributed by atoms with Crippen molar-refractivity contribution < 1.29 is 9.90 Å². The van der Waals surface area contributed by atoms with Gasteiger partial charge >= 0.3 is 5.97 Å². The van der Waals surface area contributed by atoms with E-state index >= 15 is 0 Å². The van der Waals surface area contributed by atoms with Gasteiger partial charge in [0, 0.05) is 11.1 Å². The largest absolute Gasteiger partial charge is 0.480 e. The summed E-state index contributed by atoms with van der Waals surface area (Å²) in [7, 11) is 0. The van der Waals surface area contributed by atoms with Crippen LogP contribution in [0.5, 0.6) is 0 Å². The molecule has 0 aliphatic heterocycles. The molecule has 0 saturated heterocycles. The maximum Gasteiger partial charge on any atom is 0.328 e. The summed E-state index contributed by atoms with van der Waals surface area (Å²) in [6, 6.07) is 18.7. The molecule has 132 valence electrons. The molecular formula is C23H23NO2. The molecule has 3 nitrogen and oxygen atoms in total. The van der Waals surface area contributed by atoms with E-state index in [1.54, 1.807) is 0 Å². The van der Waals surface area contributed by atoms with Crippen molar-refractivity contribution in [3.05, 3.63) is 96.1 Å². The number of nitrogens with zero attached hydrogens (tertiary/aromatic N) is 1. The number of carbonyl (C=O) groups is 1. The van der Waals surface area contributed by atoms with Crippen LogP contribution in [0.2, 0.25) is 0 Å². The minimum absolute atomic E-state index is 0.195. The number of aliphatic imine (C=N–C) groups is 1. The molecule has 1 N–H and O–H groups in total. The van der Waals surface area contributed by atoms with Crippen molar-refractivity contribution in [1.29, 1.82) is 0 Å². The average Bonchev–Trinajstić information content (AvgIpc) is 2.67. The fourth-order valence-electron chi connectivity index (χ4n) is 3.22. The highest BCUT2D eigenvalue weighted by atomic mass is 16.4. The molecule has 2 aromatic carbocycles. The fraction of sp³-hybridized carbons (Fsp3) is 0.217. The van der Waals surface area contributed by atoms with Gasteiger partial charge in [-0.05, 0) is 18.3 Å². The van der Waals surface area contributed by atoms with Crippen molar-refractivity contribution in [3.63, 3.8) is 0 Å². The Morgan fingerprint density at radius 2 is 1.62 bits per heavy atom. The molecular weight excluding hydrogens is 322 g/mol. The molecule has 0 bridgehead atoms. The van der Waals surface area contributed by atoms with Crippen molar-refractivity contribution in [1.82, 2.24) is 0 Å². The van der Waals surface area contributed by atoms with E-state index in [0.29, 0.717) is 6.42 Å². The van der Waals surface area contributed by atoms with Crippen molar-refractivity contribution in [3.8, 4) is 0 Å². The smallest absolute Gasteiger partial charge is 0.328 e. The summed E-state index contributed by atoms with van der Waals surface area (Å²) in [5, 5.41) is 9.81. The Kier molecular flexibility index (Phi) is 5.47. The summed E-state index contributed by atoms with van der Waals surface area (Å²) < 4.78 is 0. The van der Waals surface area contributed by atoms with E-state index in [4.69, 9.17) is 4.99 Å². The number of carboxylic acids is 1. The van der Waals surface area contributed by atoms with E-state index in [2.05, 4.69) is 19.1 Å². The molecule has 0 fully saturated rings. The van der Waals surface area contributed by atoms with Crippen LogP contribution in [0.1, 0.15) is 30.9 Å². The highest BCUT2D eigenvalue weighted by Gasteiger charge is 2.30. The number of aliphatic carboxylic acids is 1. The molecule has 1 aliphatic carbocycles. The first-order chi connectivity index (χ1) is 12.6. The second-order valence-electron chi connectivity index (χ2n) is 6.91. The maximum absolute atomic E-state index is 12.0. The first kappa shape index (κ1) is 17.9. The third kappa shape index (κ3) is 4.37. The second kappa shape index (κ2) is 7.96. The Morgan fingerprint density at radius 3 is 2.08 bits per heavy atom. The van der Waals surface area contributed by atoms with Gasteiger partial charge in [0.15, 0.2) is 0 Å². The van der Waals surface area contributed by atoms with Crippen molar-refractivity contribution in [2.45, 2.75) is 25.8 Å². The minimum atomic E-state index is -0.890. The molecule has 2 aromatic rings. The average molecular weight is 345 g/mol. The highest BCUT2D eigenvalue weighted by Crippen LogP contribution is 2.33. The van der Waals surface area contributed by atoms with Gasteiger partial charge in [-0.1, -0.05) is 91.9 Å². The quantitative estimate of drug-likeness (QED) is 0.758. The molecule has 26 heavy (non-hydrogen) atoms. The van der Waals surface area contributed by atoms with Crippen molar-refractivity contribution >= 4 is 11.7 Å². The summed E-state index contributed by atoms with van der Waals surface area (Å²) in [4.78, 5) is 16.7. The zero-order chi connectivity index (χ0) is 18.4. The van der Waals surface area contributed by atoms with Crippen LogP contribution >= 0.6 is 0 Å². The van der Waals surface area contributed by atoms with E-state index in [1.807, 2.05) is 72.8 Å². The number of hydrogen-bond donors (Lipinski definition) is 1. The Morgan fingerprint density at radius 1 is 1.04 bits per heavy atom. The Hall–Kier alpha value is -2.94. The van der Waals surface area contributed by atoms with E-state index < -0.39 is 12.0 Å². The zero-order valence-corrected chi connectivity index (χ0v) is 14.9. The highest BCUT2D eigenvalue weighted by molar-refractivity contribution is 6.13. The van der Waals surface area contributed by atoms with Crippen molar-refractivity contribution in [2.75, 3.05) is 0 Å². The Labute approximate surface area is 154 Å². The lowest BCUT2D eigenvalue weighted by Crippen LogP contribution is -2.28. The van der Waals surface area contributed by atoms with Gasteiger partial charge in [0.25, 0.3) is 0 Å². The van der Waals surface area contributed by atoms with Crippen molar-refractivity contribution in [2.24, 2.45) is 10.4 Å². The topological polar surface area (TPSA) is 49.7 Å². The fourth-order valence-corrected chi connectivity index (χ4v) is 3.22. The first-order valence-electron chi connectivity index (χ1n) is 8.83. The van der Waals surface area contributed by atoms with E-state index in [-0.39, 0.29) is 5.41 Å². The Bertz CT molecular complexity index is 796. The van der Waals surface area contributed by atoms with Gasteiger partial charge in [0.1, 0.15) is 6.04 Å². The number of rotatable bonds is 6. The van der Waals surface area contributed by atoms with Crippen LogP contribution in [0.15, 0.2) is 90.0 Å². The summed E-state index contributed by atoms with van der Waals surface area (Å²) in [5.41, 5.74) is 2.38.